The molecule has 1 heterocycles. The maximum absolute atomic E-state index is 11.8. The molecule has 1 aromatic rings. The molecule has 0 radical (unpaired) electrons. The first-order chi connectivity index (χ1) is 11.0. The van der Waals surface area contributed by atoms with Crippen LogP contribution in [0.15, 0.2) is 24.3 Å². The van der Waals surface area contributed by atoms with Crippen LogP contribution in [0.4, 0.5) is 0 Å². The minimum Gasteiger partial charge on any atom is -0.489 e. The summed E-state index contributed by atoms with van der Waals surface area (Å²) >= 11 is 0. The standard InChI is InChI=1S/C15H21N3O4S/c1-17-23(20,21)14-6-7-18(10-14)9-13(19)11-22-15-5-3-2-4-12(15)8-16/h2-5,13-14,17,19H,6-7,9-11H2,1H3. The summed E-state index contributed by atoms with van der Waals surface area (Å²) in [5, 5.41) is 18.6. The summed E-state index contributed by atoms with van der Waals surface area (Å²) in [4.78, 5) is 1.91. The van der Waals surface area contributed by atoms with Gasteiger partial charge in [-0.1, -0.05) is 12.1 Å². The Bertz CT molecular complexity index is 672. The van der Waals surface area contributed by atoms with Gasteiger partial charge in [0.15, 0.2) is 0 Å². The Morgan fingerprint density at radius 3 is 2.96 bits per heavy atom. The fourth-order valence-electron chi connectivity index (χ4n) is 2.60. The molecule has 7 nitrogen and oxygen atoms in total. The van der Waals surface area contributed by atoms with Gasteiger partial charge in [0.1, 0.15) is 24.5 Å². The molecule has 2 rings (SSSR count). The predicted octanol–water partition coefficient (Wildman–Crippen LogP) is -0.0785. The second-order valence-electron chi connectivity index (χ2n) is 5.49. The van der Waals surface area contributed by atoms with E-state index in [1.807, 2.05) is 11.0 Å². The van der Waals surface area contributed by atoms with Gasteiger partial charge >= 0.3 is 0 Å². The summed E-state index contributed by atoms with van der Waals surface area (Å²) in [5.41, 5.74) is 0.418. The minimum atomic E-state index is -3.27. The zero-order valence-corrected chi connectivity index (χ0v) is 13.8. The van der Waals surface area contributed by atoms with Crippen LogP contribution in [0.2, 0.25) is 0 Å². The smallest absolute Gasteiger partial charge is 0.215 e. The second kappa shape index (κ2) is 7.75. The molecule has 1 fully saturated rings. The largest absolute Gasteiger partial charge is 0.489 e. The van der Waals surface area contributed by atoms with E-state index in [2.05, 4.69) is 4.72 Å². The Morgan fingerprint density at radius 2 is 2.26 bits per heavy atom. The Hall–Kier alpha value is -1.66. The van der Waals surface area contributed by atoms with Crippen LogP contribution >= 0.6 is 0 Å². The number of hydrogen-bond donors (Lipinski definition) is 2. The van der Waals surface area contributed by atoms with Crippen LogP contribution in [0, 0.1) is 11.3 Å². The monoisotopic (exact) mass is 339 g/mol. The third-order valence-electron chi connectivity index (χ3n) is 3.86. The highest BCUT2D eigenvalue weighted by atomic mass is 32.2. The molecule has 2 atom stereocenters. The molecule has 0 aliphatic carbocycles. The van der Waals surface area contributed by atoms with Crippen molar-refractivity contribution >= 4 is 10.0 Å². The summed E-state index contributed by atoms with van der Waals surface area (Å²) in [6.45, 7) is 1.41. The number of sulfonamides is 1. The zero-order valence-electron chi connectivity index (χ0n) is 13.0. The van der Waals surface area contributed by atoms with Gasteiger partial charge in [-0.25, -0.2) is 13.1 Å². The van der Waals surface area contributed by atoms with Gasteiger partial charge in [0.05, 0.1) is 10.8 Å². The van der Waals surface area contributed by atoms with Gasteiger partial charge in [-0.3, -0.25) is 4.90 Å². The molecule has 2 unspecified atom stereocenters. The molecule has 1 saturated heterocycles. The van der Waals surface area contributed by atoms with E-state index in [0.717, 1.165) is 0 Å². The lowest BCUT2D eigenvalue weighted by Gasteiger charge is -2.20. The van der Waals surface area contributed by atoms with Crippen LogP contribution in [-0.2, 0) is 10.0 Å². The maximum Gasteiger partial charge on any atom is 0.215 e. The van der Waals surface area contributed by atoms with Gasteiger partial charge in [0, 0.05) is 13.1 Å². The molecule has 0 saturated carbocycles. The SMILES string of the molecule is CNS(=O)(=O)C1CCN(CC(O)COc2ccccc2C#N)C1. The number of nitrogens with zero attached hydrogens (tertiary/aromatic N) is 2. The summed E-state index contributed by atoms with van der Waals surface area (Å²) in [7, 11) is -1.86. The molecule has 23 heavy (non-hydrogen) atoms. The maximum atomic E-state index is 11.8. The molecular weight excluding hydrogens is 318 g/mol. The van der Waals surface area contributed by atoms with E-state index in [1.165, 1.54) is 7.05 Å². The molecule has 1 aliphatic rings. The van der Waals surface area contributed by atoms with E-state index >= 15 is 0 Å². The van der Waals surface area contributed by atoms with Crippen LogP contribution in [-0.4, -0.2) is 63.1 Å². The number of hydrogen-bond acceptors (Lipinski definition) is 6. The van der Waals surface area contributed by atoms with Crippen LogP contribution in [0.25, 0.3) is 0 Å². The van der Waals surface area contributed by atoms with Gasteiger partial charge in [0.25, 0.3) is 0 Å². The number of β-amino-alcohol motifs (C(OH)–C–C–N with tert-alkyl or cyclic N) is 1. The highest BCUT2D eigenvalue weighted by Gasteiger charge is 2.32. The van der Waals surface area contributed by atoms with Crippen LogP contribution in [0.3, 0.4) is 0 Å². The molecule has 2 N–H and O–H groups in total. The predicted molar refractivity (Wildman–Crippen MR) is 85.5 cm³/mol. The van der Waals surface area contributed by atoms with E-state index < -0.39 is 21.4 Å². The molecule has 1 aromatic carbocycles. The van der Waals surface area contributed by atoms with Crippen LogP contribution < -0.4 is 9.46 Å². The summed E-state index contributed by atoms with van der Waals surface area (Å²) < 4.78 is 31.3. The number of ether oxygens (including phenoxy) is 1. The fourth-order valence-corrected chi connectivity index (χ4v) is 3.76. The van der Waals surface area contributed by atoms with Crippen molar-refractivity contribution in [1.29, 1.82) is 5.26 Å². The van der Waals surface area contributed by atoms with E-state index in [0.29, 0.717) is 37.4 Å². The number of rotatable bonds is 7. The van der Waals surface area contributed by atoms with Crippen molar-refractivity contribution in [3.63, 3.8) is 0 Å². The highest BCUT2D eigenvalue weighted by Crippen LogP contribution is 2.18. The number of aliphatic hydroxyl groups is 1. The molecule has 1 aliphatic heterocycles. The molecule has 0 amide bonds. The molecule has 0 spiro atoms. The summed E-state index contributed by atoms with van der Waals surface area (Å²) in [5.74, 6) is 0.436. The Labute approximate surface area is 136 Å². The summed E-state index contributed by atoms with van der Waals surface area (Å²) in [6.07, 6.45) is -0.202. The van der Waals surface area contributed by atoms with Crippen LogP contribution in [0.1, 0.15) is 12.0 Å². The van der Waals surface area contributed by atoms with Gasteiger partial charge in [0.2, 0.25) is 10.0 Å². The molecule has 0 aromatic heterocycles. The van der Waals surface area contributed by atoms with Crippen molar-refractivity contribution in [1.82, 2.24) is 9.62 Å². The van der Waals surface area contributed by atoms with Crippen molar-refractivity contribution in [3.05, 3.63) is 29.8 Å². The summed E-state index contributed by atoms with van der Waals surface area (Å²) in [6, 6.07) is 8.86. The van der Waals surface area contributed by atoms with Crippen molar-refractivity contribution in [2.75, 3.05) is 33.3 Å². The topological polar surface area (TPSA) is 103 Å². The number of benzene rings is 1. The number of aliphatic hydroxyl groups excluding tert-OH is 1. The Morgan fingerprint density at radius 1 is 1.52 bits per heavy atom. The minimum absolute atomic E-state index is 0.0542. The highest BCUT2D eigenvalue weighted by molar-refractivity contribution is 7.90. The molecule has 8 heteroatoms. The van der Waals surface area contributed by atoms with Crippen molar-refractivity contribution in [2.45, 2.75) is 17.8 Å². The lowest BCUT2D eigenvalue weighted by molar-refractivity contribution is 0.0758. The van der Waals surface area contributed by atoms with Gasteiger partial charge in [-0.2, -0.15) is 5.26 Å². The van der Waals surface area contributed by atoms with E-state index in [-0.39, 0.29) is 6.61 Å². The first-order valence-corrected chi connectivity index (χ1v) is 8.95. The van der Waals surface area contributed by atoms with Crippen LogP contribution in [0.5, 0.6) is 5.75 Å². The average Bonchev–Trinajstić information content (AvgIpc) is 3.02. The average molecular weight is 339 g/mol. The Balaban J connectivity index is 1.82. The molecule has 126 valence electrons. The van der Waals surface area contributed by atoms with E-state index in [4.69, 9.17) is 10.00 Å². The number of likely N-dealkylation sites (tertiary alicyclic amines) is 1. The first kappa shape index (κ1) is 17.7. The molecular formula is C15H21N3O4S. The number of nitriles is 1. The quantitative estimate of drug-likeness (QED) is 0.720. The fraction of sp³-hybridized carbons (Fsp3) is 0.533. The first-order valence-electron chi connectivity index (χ1n) is 7.41. The van der Waals surface area contributed by atoms with Crippen molar-refractivity contribution in [3.8, 4) is 11.8 Å². The second-order valence-corrected chi connectivity index (χ2v) is 7.66. The van der Waals surface area contributed by atoms with Gasteiger partial charge in [-0.05, 0) is 32.1 Å². The van der Waals surface area contributed by atoms with Crippen molar-refractivity contribution in [2.24, 2.45) is 0 Å². The molecule has 0 bridgehead atoms. The third-order valence-corrected chi connectivity index (χ3v) is 5.69. The normalized spacial score (nSPS) is 20.1. The number of para-hydroxylation sites is 1. The lowest BCUT2D eigenvalue weighted by atomic mass is 10.2. The van der Waals surface area contributed by atoms with E-state index in [9.17, 15) is 13.5 Å². The van der Waals surface area contributed by atoms with Gasteiger partial charge in [-0.15, -0.1) is 0 Å². The lowest BCUT2D eigenvalue weighted by Crippen LogP contribution is -2.38. The number of nitrogens with one attached hydrogen (secondary N) is 1. The third kappa shape index (κ3) is 4.65. The Kier molecular flexibility index (Phi) is 5.96. The zero-order chi connectivity index (χ0) is 16.9. The van der Waals surface area contributed by atoms with Gasteiger partial charge < -0.3 is 9.84 Å². The van der Waals surface area contributed by atoms with Crippen molar-refractivity contribution < 1.29 is 18.3 Å². The van der Waals surface area contributed by atoms with E-state index in [1.54, 1.807) is 24.3 Å².